The first kappa shape index (κ1) is 21.0. The molecule has 0 aliphatic carbocycles. The molecule has 148 valence electrons. The summed E-state index contributed by atoms with van der Waals surface area (Å²) < 4.78 is 0.347. The van der Waals surface area contributed by atoms with Crippen LogP contribution in [-0.2, 0) is 9.59 Å². The summed E-state index contributed by atoms with van der Waals surface area (Å²) in [7, 11) is 0. The van der Waals surface area contributed by atoms with Crippen molar-refractivity contribution in [3.8, 4) is 0 Å². The molecule has 1 aliphatic heterocycles. The van der Waals surface area contributed by atoms with Crippen molar-refractivity contribution >= 4 is 51.9 Å². The molecule has 1 saturated heterocycles. The Morgan fingerprint density at radius 2 is 1.76 bits per heavy atom. The Hall–Kier alpha value is -2.74. The molecule has 1 N–H and O–H groups in total. The number of nitrogens with zero attached hydrogens (tertiary/aromatic N) is 2. The monoisotopic (exact) mass is 424 g/mol. The van der Waals surface area contributed by atoms with Gasteiger partial charge in [-0.2, -0.15) is 0 Å². The molecular formula is C22H20N2O3S2. The zero-order valence-corrected chi connectivity index (χ0v) is 17.2. The Balaban J connectivity index is 1.70. The van der Waals surface area contributed by atoms with Crippen LogP contribution in [0.5, 0.6) is 0 Å². The third-order valence-electron chi connectivity index (χ3n) is 4.20. The highest BCUT2D eigenvalue weighted by atomic mass is 32.2. The first-order chi connectivity index (χ1) is 14.1. The molecule has 5 nitrogen and oxygen atoms in total. The minimum absolute atomic E-state index is 0.146. The zero-order chi connectivity index (χ0) is 20.6. The average molecular weight is 425 g/mol. The molecule has 1 fully saturated rings. The van der Waals surface area contributed by atoms with Gasteiger partial charge in [0.2, 0.25) is 5.91 Å². The minimum atomic E-state index is -0.303. The summed E-state index contributed by atoms with van der Waals surface area (Å²) >= 11 is 6.49. The van der Waals surface area contributed by atoms with Crippen LogP contribution in [0.15, 0.2) is 77.7 Å². The van der Waals surface area contributed by atoms with Crippen LogP contribution < -0.4 is 4.90 Å². The molecule has 0 bridgehead atoms. The van der Waals surface area contributed by atoms with Gasteiger partial charge in [-0.05, 0) is 23.8 Å². The van der Waals surface area contributed by atoms with Gasteiger partial charge in [0.25, 0.3) is 5.91 Å². The van der Waals surface area contributed by atoms with E-state index < -0.39 is 0 Å². The maximum atomic E-state index is 12.8. The number of hydrogen-bond donors (Lipinski definition) is 1. The van der Waals surface area contributed by atoms with Crippen LogP contribution in [0.4, 0.5) is 5.69 Å². The van der Waals surface area contributed by atoms with Gasteiger partial charge in [0.1, 0.15) is 10.9 Å². The van der Waals surface area contributed by atoms with Gasteiger partial charge in [-0.3, -0.25) is 14.5 Å². The smallest absolute Gasteiger partial charge is 0.266 e. The summed E-state index contributed by atoms with van der Waals surface area (Å²) in [6.07, 6.45) is 5.40. The summed E-state index contributed by atoms with van der Waals surface area (Å²) in [6.45, 7) is -0.199. The third-order valence-corrected chi connectivity index (χ3v) is 5.59. The number of anilines is 1. The summed E-state index contributed by atoms with van der Waals surface area (Å²) in [6, 6.07) is 18.8. The van der Waals surface area contributed by atoms with Gasteiger partial charge < -0.3 is 10.0 Å². The number of rotatable bonds is 7. The second-order valence-corrected chi connectivity index (χ2v) is 7.84. The van der Waals surface area contributed by atoms with Gasteiger partial charge in [0, 0.05) is 12.2 Å². The van der Waals surface area contributed by atoms with Crippen molar-refractivity contribution in [2.75, 3.05) is 24.6 Å². The van der Waals surface area contributed by atoms with Crippen LogP contribution in [0.3, 0.4) is 0 Å². The van der Waals surface area contributed by atoms with Crippen molar-refractivity contribution in [2.45, 2.75) is 0 Å². The van der Waals surface area contributed by atoms with Crippen molar-refractivity contribution in [2.24, 2.45) is 0 Å². The van der Waals surface area contributed by atoms with Gasteiger partial charge in [-0.1, -0.05) is 84.7 Å². The van der Waals surface area contributed by atoms with E-state index in [1.54, 1.807) is 24.3 Å². The van der Waals surface area contributed by atoms with E-state index in [-0.39, 0.29) is 31.5 Å². The van der Waals surface area contributed by atoms with Crippen LogP contribution in [0.2, 0.25) is 0 Å². The molecule has 2 amide bonds. The van der Waals surface area contributed by atoms with E-state index in [2.05, 4.69) is 0 Å². The Bertz CT molecular complexity index is 943. The zero-order valence-electron chi connectivity index (χ0n) is 15.6. The van der Waals surface area contributed by atoms with Crippen molar-refractivity contribution in [3.05, 3.63) is 83.3 Å². The second kappa shape index (κ2) is 10.2. The van der Waals surface area contributed by atoms with Crippen molar-refractivity contribution in [1.29, 1.82) is 0 Å². The molecule has 2 aromatic rings. The number of benzene rings is 2. The molecule has 0 radical (unpaired) electrons. The fourth-order valence-electron chi connectivity index (χ4n) is 2.79. The number of carbonyl (C=O) groups is 2. The number of para-hydroxylation sites is 1. The number of allylic oxidation sites excluding steroid dienone is 2. The maximum absolute atomic E-state index is 12.8. The summed E-state index contributed by atoms with van der Waals surface area (Å²) in [5.41, 5.74) is 1.69. The highest BCUT2D eigenvalue weighted by molar-refractivity contribution is 8.26. The number of hydrogen-bond acceptors (Lipinski definition) is 5. The van der Waals surface area contributed by atoms with Gasteiger partial charge in [0.15, 0.2) is 0 Å². The average Bonchev–Trinajstić information content (AvgIpc) is 3.01. The molecule has 3 rings (SSSR count). The largest absolute Gasteiger partial charge is 0.395 e. The highest BCUT2D eigenvalue weighted by Crippen LogP contribution is 2.31. The van der Waals surface area contributed by atoms with Crippen LogP contribution in [0, 0.1) is 0 Å². The van der Waals surface area contributed by atoms with Crippen LogP contribution >= 0.6 is 24.0 Å². The molecule has 1 heterocycles. The Labute approximate surface area is 179 Å². The standard InChI is InChI=1S/C22H20N2O3S2/c25-15-14-23(18-11-5-2-6-12-18)20(26)16-24-21(27)19(29-22(24)28)13-7-10-17-8-3-1-4-9-17/h1-13,25H,14-16H2. The van der Waals surface area contributed by atoms with Gasteiger partial charge in [0.05, 0.1) is 11.5 Å². The fourth-order valence-corrected chi connectivity index (χ4v) is 3.99. The van der Waals surface area contributed by atoms with Crippen LogP contribution in [0.25, 0.3) is 6.08 Å². The number of aliphatic hydroxyl groups excluding tert-OH is 1. The van der Waals surface area contributed by atoms with E-state index in [1.807, 2.05) is 54.6 Å². The SMILES string of the molecule is O=C1C(=CC=Cc2ccccc2)SC(=S)N1CC(=O)N(CCO)c1ccccc1. The number of thiocarbonyl (C=S) groups is 1. The van der Waals surface area contributed by atoms with Gasteiger partial charge >= 0.3 is 0 Å². The maximum Gasteiger partial charge on any atom is 0.266 e. The van der Waals surface area contributed by atoms with Crippen molar-refractivity contribution in [3.63, 3.8) is 0 Å². The van der Waals surface area contributed by atoms with Crippen molar-refractivity contribution < 1.29 is 14.7 Å². The Morgan fingerprint density at radius 3 is 2.41 bits per heavy atom. The first-order valence-electron chi connectivity index (χ1n) is 9.03. The predicted molar refractivity (Wildman–Crippen MR) is 121 cm³/mol. The van der Waals surface area contributed by atoms with E-state index in [4.69, 9.17) is 12.2 Å². The minimum Gasteiger partial charge on any atom is -0.395 e. The van der Waals surface area contributed by atoms with Crippen molar-refractivity contribution in [1.82, 2.24) is 4.90 Å². The summed E-state index contributed by atoms with van der Waals surface area (Å²) in [4.78, 5) is 28.7. The summed E-state index contributed by atoms with van der Waals surface area (Å²) in [5, 5.41) is 9.32. The highest BCUT2D eigenvalue weighted by Gasteiger charge is 2.34. The Morgan fingerprint density at radius 1 is 1.10 bits per heavy atom. The lowest BCUT2D eigenvalue weighted by Gasteiger charge is -2.24. The number of thioether (sulfide) groups is 1. The first-order valence-corrected chi connectivity index (χ1v) is 10.3. The lowest BCUT2D eigenvalue weighted by atomic mass is 10.2. The molecule has 0 spiro atoms. The van der Waals surface area contributed by atoms with Crippen LogP contribution in [-0.4, -0.2) is 45.8 Å². The number of aliphatic hydroxyl groups is 1. The van der Waals surface area contributed by atoms with E-state index in [0.29, 0.717) is 14.9 Å². The molecule has 2 aromatic carbocycles. The topological polar surface area (TPSA) is 60.9 Å². The molecule has 29 heavy (non-hydrogen) atoms. The summed E-state index contributed by atoms with van der Waals surface area (Å²) in [5.74, 6) is -0.592. The molecule has 0 unspecified atom stereocenters. The fraction of sp³-hybridized carbons (Fsp3) is 0.136. The molecule has 0 saturated carbocycles. The predicted octanol–water partition coefficient (Wildman–Crippen LogP) is 3.47. The molecule has 0 aromatic heterocycles. The molecule has 0 atom stereocenters. The number of amides is 2. The molecular weight excluding hydrogens is 404 g/mol. The van der Waals surface area contributed by atoms with Gasteiger partial charge in [-0.25, -0.2) is 0 Å². The quantitative estimate of drug-likeness (QED) is 0.545. The normalized spacial score (nSPS) is 15.5. The van der Waals surface area contributed by atoms with E-state index in [1.165, 1.54) is 21.6 Å². The van der Waals surface area contributed by atoms with E-state index in [0.717, 1.165) is 5.56 Å². The number of carbonyl (C=O) groups excluding carboxylic acids is 2. The van der Waals surface area contributed by atoms with Gasteiger partial charge in [-0.15, -0.1) is 0 Å². The molecule has 1 aliphatic rings. The van der Waals surface area contributed by atoms with E-state index >= 15 is 0 Å². The third kappa shape index (κ3) is 5.41. The lowest BCUT2D eigenvalue weighted by molar-refractivity contribution is -0.127. The van der Waals surface area contributed by atoms with Crippen LogP contribution in [0.1, 0.15) is 5.56 Å². The lowest BCUT2D eigenvalue weighted by Crippen LogP contribution is -2.43. The Kier molecular flexibility index (Phi) is 7.35. The second-order valence-electron chi connectivity index (χ2n) is 6.16. The van der Waals surface area contributed by atoms with E-state index in [9.17, 15) is 14.7 Å². The molecule has 7 heteroatoms.